The number of hydrogen-bond donors (Lipinski definition) is 4. The van der Waals surface area contributed by atoms with E-state index in [0.717, 1.165) is 0 Å². The number of nitrogens with one attached hydrogen (secondary N) is 1. The van der Waals surface area contributed by atoms with Crippen LogP contribution in [0.15, 0.2) is 6.07 Å². The molecule has 1 aromatic rings. The minimum atomic E-state index is -1.06. The summed E-state index contributed by atoms with van der Waals surface area (Å²) in [4.78, 5) is 0. The van der Waals surface area contributed by atoms with E-state index in [-0.39, 0.29) is 11.7 Å². The Hall–Kier alpha value is -0.780. The molecule has 0 aliphatic carbocycles. The van der Waals surface area contributed by atoms with Crippen LogP contribution >= 0.6 is 11.6 Å². The highest BCUT2D eigenvalue weighted by molar-refractivity contribution is 6.18. The zero-order valence-electron chi connectivity index (χ0n) is 6.24. The number of alkyl halides is 1. The fraction of sp³-hybridized carbons (Fsp3) is 0.500. The molecule has 0 amide bonds. The molecule has 12 heavy (non-hydrogen) atoms. The van der Waals surface area contributed by atoms with Crippen molar-refractivity contribution in [2.24, 2.45) is 0 Å². The van der Waals surface area contributed by atoms with E-state index < -0.39 is 12.2 Å². The number of hydrogen-bond acceptors (Lipinski definition) is 4. The molecule has 0 fully saturated rings. The largest absolute Gasteiger partial charge is 0.389 e. The van der Waals surface area contributed by atoms with Gasteiger partial charge in [0.05, 0.1) is 17.7 Å². The van der Waals surface area contributed by atoms with Crippen LogP contribution in [0.25, 0.3) is 0 Å². The molecule has 0 saturated heterocycles. The van der Waals surface area contributed by atoms with Crippen LogP contribution in [-0.2, 0) is 0 Å². The summed E-state index contributed by atoms with van der Waals surface area (Å²) in [5.41, 5.74) is 5.65. The standard InChI is InChI=1S/C6H10ClN3O2/c7-2-4(11)6(12)3-1-5(8)10-9-3/h1,4,6,11-12H,2H2,(H3,8,9,10). The first-order chi connectivity index (χ1) is 5.65. The summed E-state index contributed by atoms with van der Waals surface area (Å²) in [6.45, 7) is 0. The molecular formula is C6H10ClN3O2. The molecular weight excluding hydrogens is 182 g/mol. The van der Waals surface area contributed by atoms with Gasteiger partial charge >= 0.3 is 0 Å². The van der Waals surface area contributed by atoms with E-state index in [4.69, 9.17) is 22.4 Å². The van der Waals surface area contributed by atoms with Crippen molar-refractivity contribution in [1.82, 2.24) is 10.2 Å². The average Bonchev–Trinajstić information content (AvgIpc) is 2.49. The predicted octanol–water partition coefficient (Wildman–Crippen LogP) is -0.375. The smallest absolute Gasteiger partial charge is 0.145 e. The van der Waals surface area contributed by atoms with Crippen LogP contribution in [0, 0.1) is 0 Å². The summed E-state index contributed by atoms with van der Waals surface area (Å²) in [5, 5.41) is 24.5. The third kappa shape index (κ3) is 1.88. The molecule has 0 saturated carbocycles. The molecule has 2 unspecified atom stereocenters. The van der Waals surface area contributed by atoms with Crippen LogP contribution in [0.5, 0.6) is 0 Å². The summed E-state index contributed by atoms with van der Waals surface area (Å²) in [7, 11) is 0. The second-order valence-electron chi connectivity index (χ2n) is 2.41. The van der Waals surface area contributed by atoms with Crippen molar-refractivity contribution in [3.8, 4) is 0 Å². The van der Waals surface area contributed by atoms with Gasteiger partial charge in [0, 0.05) is 6.07 Å². The van der Waals surface area contributed by atoms with Crippen LogP contribution in [0.1, 0.15) is 11.8 Å². The highest BCUT2D eigenvalue weighted by atomic mass is 35.5. The maximum absolute atomic E-state index is 9.34. The van der Waals surface area contributed by atoms with E-state index in [9.17, 15) is 5.11 Å². The van der Waals surface area contributed by atoms with Gasteiger partial charge in [-0.1, -0.05) is 0 Å². The van der Waals surface area contributed by atoms with Gasteiger partial charge in [-0.05, 0) is 0 Å². The number of nitrogen functional groups attached to an aromatic ring is 1. The summed E-state index contributed by atoms with van der Waals surface area (Å²) in [6.07, 6.45) is -2.07. The fourth-order valence-corrected chi connectivity index (χ4v) is 0.965. The van der Waals surface area contributed by atoms with Crippen LogP contribution in [0.4, 0.5) is 5.82 Å². The van der Waals surface area contributed by atoms with E-state index in [2.05, 4.69) is 10.2 Å². The van der Waals surface area contributed by atoms with E-state index in [1.165, 1.54) is 6.07 Å². The maximum atomic E-state index is 9.34. The van der Waals surface area contributed by atoms with Gasteiger partial charge in [0.2, 0.25) is 0 Å². The minimum absolute atomic E-state index is 0.0416. The average molecular weight is 192 g/mol. The van der Waals surface area contributed by atoms with Gasteiger partial charge in [-0.2, -0.15) is 5.10 Å². The topological polar surface area (TPSA) is 95.2 Å². The number of nitrogens with zero attached hydrogens (tertiary/aromatic N) is 1. The molecule has 0 spiro atoms. The molecule has 1 heterocycles. The number of rotatable bonds is 3. The Morgan fingerprint density at radius 2 is 2.33 bits per heavy atom. The van der Waals surface area contributed by atoms with Crippen LogP contribution in [0.2, 0.25) is 0 Å². The minimum Gasteiger partial charge on any atom is -0.389 e. The van der Waals surface area contributed by atoms with Crippen molar-refractivity contribution < 1.29 is 10.2 Å². The molecule has 1 aromatic heterocycles. The van der Waals surface area contributed by atoms with Crippen molar-refractivity contribution >= 4 is 17.4 Å². The molecule has 1 rings (SSSR count). The quantitative estimate of drug-likeness (QED) is 0.490. The first-order valence-electron chi connectivity index (χ1n) is 3.38. The number of anilines is 1. The number of aromatic amines is 1. The Balaban J connectivity index is 2.70. The third-order valence-electron chi connectivity index (χ3n) is 1.46. The van der Waals surface area contributed by atoms with Gasteiger partial charge in [0.25, 0.3) is 0 Å². The first-order valence-corrected chi connectivity index (χ1v) is 3.91. The molecule has 6 heteroatoms. The molecule has 5 nitrogen and oxygen atoms in total. The summed E-state index contributed by atoms with van der Waals surface area (Å²) >= 11 is 5.33. The Bertz CT molecular complexity index is 253. The summed E-state index contributed by atoms with van der Waals surface area (Å²) in [6, 6.07) is 1.44. The Kier molecular flexibility index (Phi) is 2.91. The third-order valence-corrected chi connectivity index (χ3v) is 1.77. The normalized spacial score (nSPS) is 15.9. The van der Waals surface area contributed by atoms with Gasteiger partial charge in [0.1, 0.15) is 11.9 Å². The molecule has 0 radical (unpaired) electrons. The molecule has 0 aliphatic rings. The Morgan fingerprint density at radius 3 is 2.75 bits per heavy atom. The predicted molar refractivity (Wildman–Crippen MR) is 44.7 cm³/mol. The van der Waals surface area contributed by atoms with E-state index in [1.807, 2.05) is 0 Å². The number of halogens is 1. The van der Waals surface area contributed by atoms with Gasteiger partial charge < -0.3 is 15.9 Å². The number of nitrogens with two attached hydrogens (primary N) is 1. The first kappa shape index (κ1) is 9.31. The van der Waals surface area contributed by atoms with Gasteiger partial charge in [-0.3, -0.25) is 5.10 Å². The molecule has 0 bridgehead atoms. The summed E-state index contributed by atoms with van der Waals surface area (Å²) < 4.78 is 0. The lowest BCUT2D eigenvalue weighted by molar-refractivity contribution is 0.0300. The summed E-state index contributed by atoms with van der Waals surface area (Å²) in [5.74, 6) is 0.228. The Morgan fingerprint density at radius 1 is 1.67 bits per heavy atom. The van der Waals surface area contributed by atoms with Crippen molar-refractivity contribution in [2.45, 2.75) is 12.2 Å². The Labute approximate surface area is 74.2 Å². The zero-order valence-corrected chi connectivity index (χ0v) is 6.99. The van der Waals surface area contributed by atoms with Gasteiger partial charge in [-0.15, -0.1) is 11.6 Å². The van der Waals surface area contributed by atoms with Crippen LogP contribution in [0.3, 0.4) is 0 Å². The van der Waals surface area contributed by atoms with Gasteiger partial charge in [-0.25, -0.2) is 0 Å². The highest BCUT2D eigenvalue weighted by Crippen LogP contribution is 2.16. The van der Waals surface area contributed by atoms with Gasteiger partial charge in [0.15, 0.2) is 0 Å². The second-order valence-corrected chi connectivity index (χ2v) is 2.72. The van der Waals surface area contributed by atoms with Crippen molar-refractivity contribution in [3.63, 3.8) is 0 Å². The van der Waals surface area contributed by atoms with E-state index >= 15 is 0 Å². The van der Waals surface area contributed by atoms with Crippen molar-refractivity contribution in [1.29, 1.82) is 0 Å². The lowest BCUT2D eigenvalue weighted by Crippen LogP contribution is -2.19. The van der Waals surface area contributed by atoms with E-state index in [1.54, 1.807) is 0 Å². The number of aliphatic hydroxyl groups excluding tert-OH is 2. The van der Waals surface area contributed by atoms with Crippen molar-refractivity contribution in [2.75, 3.05) is 11.6 Å². The maximum Gasteiger partial charge on any atom is 0.145 e. The molecule has 0 aliphatic heterocycles. The fourth-order valence-electron chi connectivity index (χ4n) is 0.796. The lowest BCUT2D eigenvalue weighted by Gasteiger charge is -2.12. The SMILES string of the molecule is Nc1cc(C(O)C(O)CCl)[nH]n1. The zero-order chi connectivity index (χ0) is 9.14. The lowest BCUT2D eigenvalue weighted by atomic mass is 10.2. The molecule has 68 valence electrons. The van der Waals surface area contributed by atoms with Crippen molar-refractivity contribution in [3.05, 3.63) is 11.8 Å². The number of H-pyrrole nitrogens is 1. The second kappa shape index (κ2) is 3.75. The monoisotopic (exact) mass is 191 g/mol. The highest BCUT2D eigenvalue weighted by Gasteiger charge is 2.18. The number of aliphatic hydroxyl groups is 2. The van der Waals surface area contributed by atoms with Crippen LogP contribution in [-0.4, -0.2) is 32.4 Å². The number of aromatic nitrogens is 2. The molecule has 2 atom stereocenters. The molecule has 5 N–H and O–H groups in total. The van der Waals surface area contributed by atoms with E-state index in [0.29, 0.717) is 5.69 Å². The molecule has 0 aromatic carbocycles. The van der Waals surface area contributed by atoms with Crippen LogP contribution < -0.4 is 5.73 Å².